The Kier molecular flexibility index (Phi) is 6.59. The van der Waals surface area contributed by atoms with Gasteiger partial charge in [0.1, 0.15) is 5.52 Å². The van der Waals surface area contributed by atoms with E-state index in [1.54, 1.807) is 42.5 Å². The van der Waals surface area contributed by atoms with E-state index in [9.17, 15) is 13.2 Å². The molecule has 0 bridgehead atoms. The number of amides is 1. The quantitative estimate of drug-likeness (QED) is 0.359. The average molecular weight is 489 g/mol. The monoisotopic (exact) mass is 488 g/mol. The zero-order valence-electron chi connectivity index (χ0n) is 17.3. The first-order valence-corrected chi connectivity index (χ1v) is 12.9. The summed E-state index contributed by atoms with van der Waals surface area (Å²) in [5.41, 5.74) is 0.941. The first-order chi connectivity index (χ1) is 15.4. The number of benzene rings is 2. The molecular weight excluding hydrogens is 468 g/mol. The van der Waals surface area contributed by atoms with Gasteiger partial charge in [-0.1, -0.05) is 42.0 Å². The fourth-order valence-electron chi connectivity index (χ4n) is 3.28. The Bertz CT molecular complexity index is 1350. The molecule has 0 saturated carbocycles. The lowest BCUT2D eigenvalue weighted by Gasteiger charge is -2.20. The summed E-state index contributed by atoms with van der Waals surface area (Å²) in [6, 6.07) is 11.7. The van der Waals surface area contributed by atoms with Gasteiger partial charge in [-0.25, -0.2) is 18.4 Å². The van der Waals surface area contributed by atoms with Gasteiger partial charge in [0, 0.05) is 31.0 Å². The molecule has 2 aromatic heterocycles. The molecule has 32 heavy (non-hydrogen) atoms. The Morgan fingerprint density at radius 1 is 1.22 bits per heavy atom. The zero-order valence-corrected chi connectivity index (χ0v) is 19.7. The number of sulfone groups is 1. The normalized spacial score (nSPS) is 11.7. The number of imidazole rings is 1. The van der Waals surface area contributed by atoms with Gasteiger partial charge < -0.3 is 4.57 Å². The third kappa shape index (κ3) is 4.69. The Hall–Kier alpha value is -2.75. The molecule has 0 N–H and O–H groups in total. The van der Waals surface area contributed by atoms with E-state index in [0.717, 1.165) is 4.70 Å². The van der Waals surface area contributed by atoms with E-state index in [1.807, 2.05) is 22.9 Å². The topological polar surface area (TPSA) is 85.2 Å². The maximum Gasteiger partial charge on any atom is 0.260 e. The minimum Gasteiger partial charge on any atom is -0.337 e. The number of halogens is 1. The van der Waals surface area contributed by atoms with Crippen molar-refractivity contribution in [1.29, 1.82) is 0 Å². The first-order valence-electron chi connectivity index (χ1n) is 10.0. The summed E-state index contributed by atoms with van der Waals surface area (Å²) in [5, 5.41) is 1.04. The second kappa shape index (κ2) is 9.40. The summed E-state index contributed by atoms with van der Waals surface area (Å²) < 4.78 is 27.4. The molecule has 0 unspecified atom stereocenters. The van der Waals surface area contributed by atoms with Gasteiger partial charge in [0.2, 0.25) is 0 Å². The summed E-state index contributed by atoms with van der Waals surface area (Å²) in [6.07, 6.45) is 5.96. The van der Waals surface area contributed by atoms with Crippen molar-refractivity contribution in [3.8, 4) is 0 Å². The van der Waals surface area contributed by atoms with Gasteiger partial charge in [-0.15, -0.1) is 0 Å². The van der Waals surface area contributed by atoms with Crippen LogP contribution in [0, 0.1) is 0 Å². The molecule has 0 saturated heterocycles. The molecule has 166 valence electrons. The lowest BCUT2D eigenvalue weighted by molar-refractivity contribution is 0.0986. The van der Waals surface area contributed by atoms with Crippen molar-refractivity contribution >= 4 is 54.0 Å². The summed E-state index contributed by atoms with van der Waals surface area (Å²) in [4.78, 5) is 23.9. The van der Waals surface area contributed by atoms with Crippen LogP contribution in [0.3, 0.4) is 0 Å². The van der Waals surface area contributed by atoms with Crippen LogP contribution in [0.2, 0.25) is 5.02 Å². The van der Waals surface area contributed by atoms with Gasteiger partial charge in [0.25, 0.3) is 5.91 Å². The van der Waals surface area contributed by atoms with Crippen LogP contribution >= 0.6 is 22.9 Å². The highest BCUT2D eigenvalue weighted by atomic mass is 35.5. The van der Waals surface area contributed by atoms with E-state index in [4.69, 9.17) is 11.6 Å². The molecule has 10 heteroatoms. The standard InChI is InChI=1S/C22H21ClN4O3S2/c1-2-32(29,30)17-7-3-6-16(14-17)21(28)27(12-5-11-26-13-10-24-15-26)22-25-20-18(23)8-4-9-19(20)31-22/h3-4,6-10,13-15H,2,5,11-12H2,1H3. The first kappa shape index (κ1) is 22.4. The van der Waals surface area contributed by atoms with E-state index >= 15 is 0 Å². The second-order valence-electron chi connectivity index (χ2n) is 7.13. The molecule has 0 aliphatic rings. The van der Waals surface area contributed by atoms with Crippen LogP contribution in [-0.4, -0.2) is 41.2 Å². The largest absolute Gasteiger partial charge is 0.337 e. The number of fused-ring (bicyclic) bond motifs is 1. The van der Waals surface area contributed by atoms with Crippen molar-refractivity contribution in [1.82, 2.24) is 14.5 Å². The minimum absolute atomic E-state index is 0.0321. The molecule has 0 fully saturated rings. The Morgan fingerprint density at radius 3 is 2.75 bits per heavy atom. The molecule has 0 atom stereocenters. The van der Waals surface area contributed by atoms with E-state index in [2.05, 4.69) is 9.97 Å². The van der Waals surface area contributed by atoms with E-state index < -0.39 is 9.84 Å². The van der Waals surface area contributed by atoms with E-state index in [-0.39, 0.29) is 16.6 Å². The third-order valence-corrected chi connectivity index (χ3v) is 8.09. The smallest absolute Gasteiger partial charge is 0.260 e. The van der Waals surface area contributed by atoms with Crippen LogP contribution < -0.4 is 4.90 Å². The van der Waals surface area contributed by atoms with Crippen LogP contribution in [0.5, 0.6) is 0 Å². The fraction of sp³-hybridized carbons (Fsp3) is 0.227. The van der Waals surface area contributed by atoms with Gasteiger partial charge in [-0.05, 0) is 36.8 Å². The third-order valence-electron chi connectivity index (χ3n) is 5.01. The number of hydrogen-bond donors (Lipinski definition) is 0. The van der Waals surface area contributed by atoms with Crippen molar-refractivity contribution in [2.45, 2.75) is 24.8 Å². The van der Waals surface area contributed by atoms with Crippen LogP contribution in [0.25, 0.3) is 10.2 Å². The molecule has 0 spiro atoms. The Labute approximate surface area is 195 Å². The molecule has 4 aromatic rings. The highest BCUT2D eigenvalue weighted by Gasteiger charge is 2.23. The summed E-state index contributed by atoms with van der Waals surface area (Å²) in [6.45, 7) is 2.66. The number of anilines is 1. The average Bonchev–Trinajstić information content (AvgIpc) is 3.47. The molecule has 0 aliphatic carbocycles. The van der Waals surface area contributed by atoms with Crippen LogP contribution in [0.1, 0.15) is 23.7 Å². The predicted molar refractivity (Wildman–Crippen MR) is 127 cm³/mol. The lowest BCUT2D eigenvalue weighted by atomic mass is 10.2. The molecular formula is C22H21ClN4O3S2. The van der Waals surface area contributed by atoms with Gasteiger partial charge in [-0.3, -0.25) is 9.69 Å². The number of carbonyl (C=O) groups excluding carboxylic acids is 1. The van der Waals surface area contributed by atoms with Crippen LogP contribution in [0.15, 0.2) is 66.1 Å². The number of para-hydroxylation sites is 1. The zero-order chi connectivity index (χ0) is 22.7. The number of rotatable bonds is 8. The van der Waals surface area contributed by atoms with E-state index in [1.165, 1.54) is 23.5 Å². The van der Waals surface area contributed by atoms with Crippen molar-refractivity contribution in [2.24, 2.45) is 0 Å². The molecule has 2 aromatic carbocycles. The van der Waals surface area contributed by atoms with E-state index in [0.29, 0.717) is 40.7 Å². The minimum atomic E-state index is -3.43. The Balaban J connectivity index is 1.68. The molecule has 7 nitrogen and oxygen atoms in total. The fourth-order valence-corrected chi connectivity index (χ4v) is 5.49. The number of hydrogen-bond acceptors (Lipinski definition) is 6. The number of aryl methyl sites for hydroxylation is 1. The van der Waals surface area contributed by atoms with Crippen molar-refractivity contribution < 1.29 is 13.2 Å². The number of thiazole rings is 1. The van der Waals surface area contributed by atoms with Gasteiger partial charge >= 0.3 is 0 Å². The maximum absolute atomic E-state index is 13.5. The van der Waals surface area contributed by atoms with Crippen LogP contribution in [0.4, 0.5) is 5.13 Å². The van der Waals surface area contributed by atoms with Gasteiger partial charge in [0.05, 0.1) is 26.7 Å². The summed E-state index contributed by atoms with van der Waals surface area (Å²) in [5.74, 6) is -0.339. The lowest BCUT2D eigenvalue weighted by Crippen LogP contribution is -2.32. The molecule has 4 rings (SSSR count). The maximum atomic E-state index is 13.5. The van der Waals surface area contributed by atoms with Gasteiger partial charge in [-0.2, -0.15) is 0 Å². The number of nitrogens with zero attached hydrogens (tertiary/aromatic N) is 4. The SMILES string of the molecule is CCS(=O)(=O)c1cccc(C(=O)N(CCCn2ccnc2)c2nc3c(Cl)cccc3s2)c1. The molecule has 0 aliphatic heterocycles. The highest BCUT2D eigenvalue weighted by molar-refractivity contribution is 7.91. The summed E-state index contributed by atoms with van der Waals surface area (Å²) in [7, 11) is -3.43. The number of carbonyl (C=O) groups is 1. The highest BCUT2D eigenvalue weighted by Crippen LogP contribution is 2.33. The molecule has 1 amide bonds. The summed E-state index contributed by atoms with van der Waals surface area (Å²) >= 11 is 7.67. The van der Waals surface area contributed by atoms with Crippen LogP contribution in [-0.2, 0) is 16.4 Å². The van der Waals surface area contributed by atoms with Gasteiger partial charge in [0.15, 0.2) is 15.0 Å². The number of aromatic nitrogens is 3. The van der Waals surface area contributed by atoms with Crippen molar-refractivity contribution in [3.05, 3.63) is 71.8 Å². The predicted octanol–water partition coefficient (Wildman–Crippen LogP) is 4.68. The Morgan fingerprint density at radius 2 is 2.03 bits per heavy atom. The molecule has 2 heterocycles. The molecule has 0 radical (unpaired) electrons. The second-order valence-corrected chi connectivity index (χ2v) is 10.8. The van der Waals surface area contributed by atoms with Crippen molar-refractivity contribution in [3.63, 3.8) is 0 Å². The van der Waals surface area contributed by atoms with Crippen molar-refractivity contribution in [2.75, 3.05) is 17.2 Å².